The summed E-state index contributed by atoms with van der Waals surface area (Å²) in [4.78, 5) is 0. The van der Waals surface area contributed by atoms with Gasteiger partial charge >= 0.3 is 0 Å². The number of hydrogen-bond donors (Lipinski definition) is 2. The minimum Gasteiger partial charge on any atom is -0.279 e. The molecule has 0 atom stereocenters. The first-order valence-corrected chi connectivity index (χ1v) is 10.3. The molecule has 0 amide bonds. The van der Waals surface area contributed by atoms with Gasteiger partial charge < -0.3 is 0 Å². The number of hydrogen-bond acceptors (Lipinski definition) is 3. The van der Waals surface area contributed by atoms with Crippen LogP contribution >= 0.6 is 0 Å². The Kier molecular flexibility index (Phi) is 5.43. The van der Waals surface area contributed by atoms with Gasteiger partial charge in [0.25, 0.3) is 0 Å². The number of benzene rings is 1. The third-order valence-electron chi connectivity index (χ3n) is 4.95. The number of H-pyrrole nitrogens is 1. The lowest BCUT2D eigenvalue weighted by atomic mass is 9.84. The van der Waals surface area contributed by atoms with Crippen LogP contribution in [0.1, 0.15) is 51.1 Å². The Morgan fingerprint density at radius 3 is 2.42 bits per heavy atom. The second-order valence-corrected chi connectivity index (χ2v) is 9.31. The molecule has 0 bridgehead atoms. The Bertz CT molecular complexity index is 872. The number of aromatic amines is 1. The summed E-state index contributed by atoms with van der Waals surface area (Å²) in [6, 6.07) is 5.82. The summed E-state index contributed by atoms with van der Waals surface area (Å²) in [6.07, 6.45) is 2.54. The molecular formula is C18H23F2N3O2S. The highest BCUT2D eigenvalue weighted by atomic mass is 32.2. The van der Waals surface area contributed by atoms with Crippen LogP contribution < -0.4 is 4.72 Å². The molecular weight excluding hydrogens is 360 g/mol. The predicted octanol–water partition coefficient (Wildman–Crippen LogP) is 3.71. The zero-order chi connectivity index (χ0) is 18.9. The van der Waals surface area contributed by atoms with Gasteiger partial charge in [-0.15, -0.1) is 0 Å². The van der Waals surface area contributed by atoms with Gasteiger partial charge in [0.2, 0.25) is 10.0 Å². The van der Waals surface area contributed by atoms with Crippen LogP contribution in [0.3, 0.4) is 0 Å². The smallest absolute Gasteiger partial charge is 0.214 e. The van der Waals surface area contributed by atoms with E-state index < -0.39 is 26.9 Å². The molecule has 0 unspecified atom stereocenters. The summed E-state index contributed by atoms with van der Waals surface area (Å²) >= 11 is 0. The van der Waals surface area contributed by atoms with Crippen molar-refractivity contribution in [2.45, 2.75) is 56.7 Å². The van der Waals surface area contributed by atoms with Crippen molar-refractivity contribution in [3.05, 3.63) is 41.6 Å². The van der Waals surface area contributed by atoms with Crippen LogP contribution in [0.15, 0.2) is 24.3 Å². The quantitative estimate of drug-likeness (QED) is 0.827. The first-order valence-electron chi connectivity index (χ1n) is 8.79. The van der Waals surface area contributed by atoms with E-state index in [1.807, 2.05) is 0 Å². The number of rotatable bonds is 5. The maximum Gasteiger partial charge on any atom is 0.214 e. The largest absolute Gasteiger partial charge is 0.279 e. The number of halogens is 2. The zero-order valence-corrected chi connectivity index (χ0v) is 15.6. The van der Waals surface area contributed by atoms with Crippen LogP contribution in [0.4, 0.5) is 8.78 Å². The highest BCUT2D eigenvalue weighted by molar-refractivity contribution is 7.90. The van der Waals surface area contributed by atoms with Gasteiger partial charge in [0.15, 0.2) is 5.82 Å². The molecule has 142 valence electrons. The Balaban J connectivity index is 1.70. The molecule has 3 rings (SSSR count). The molecule has 1 heterocycles. The fraction of sp³-hybridized carbons (Fsp3) is 0.500. The first-order chi connectivity index (χ1) is 12.3. The molecule has 1 aromatic carbocycles. The average Bonchev–Trinajstić information content (AvgIpc) is 2.97. The van der Waals surface area contributed by atoms with Crippen LogP contribution in [-0.2, 0) is 10.0 Å². The van der Waals surface area contributed by atoms with E-state index in [0.29, 0.717) is 31.4 Å². The molecule has 1 saturated carbocycles. The van der Waals surface area contributed by atoms with E-state index in [1.54, 1.807) is 26.0 Å². The van der Waals surface area contributed by atoms with E-state index in [-0.39, 0.29) is 23.2 Å². The Labute approximate surface area is 152 Å². The molecule has 1 fully saturated rings. The maximum atomic E-state index is 14.8. The van der Waals surface area contributed by atoms with Crippen molar-refractivity contribution in [2.24, 2.45) is 0 Å². The lowest BCUT2D eigenvalue weighted by Crippen LogP contribution is -2.40. The van der Waals surface area contributed by atoms with Gasteiger partial charge in [-0.05, 0) is 51.7 Å². The number of nitrogens with one attached hydrogen (secondary N) is 2. The van der Waals surface area contributed by atoms with Crippen molar-refractivity contribution in [3.63, 3.8) is 0 Å². The summed E-state index contributed by atoms with van der Waals surface area (Å²) in [7, 11) is -3.31. The van der Waals surface area contributed by atoms with Crippen molar-refractivity contribution < 1.29 is 17.2 Å². The molecule has 1 aliphatic rings. The third kappa shape index (κ3) is 3.81. The third-order valence-corrected chi connectivity index (χ3v) is 6.85. The molecule has 26 heavy (non-hydrogen) atoms. The maximum absolute atomic E-state index is 14.8. The molecule has 1 aromatic heterocycles. The van der Waals surface area contributed by atoms with Gasteiger partial charge in [-0.25, -0.2) is 21.9 Å². The van der Waals surface area contributed by atoms with Crippen molar-refractivity contribution in [3.8, 4) is 11.3 Å². The highest BCUT2D eigenvalue weighted by Crippen LogP contribution is 2.36. The van der Waals surface area contributed by atoms with Crippen molar-refractivity contribution in [1.82, 2.24) is 14.9 Å². The molecule has 0 spiro atoms. The SMILES string of the molecule is CC(C)S(=O)(=O)N[C@H]1CC[C@H](c2[nH]nc(-c3ccccc3F)c2F)CC1. The molecule has 8 heteroatoms. The number of nitrogens with zero attached hydrogens (tertiary/aromatic N) is 1. The van der Waals surface area contributed by atoms with E-state index in [1.165, 1.54) is 12.1 Å². The molecule has 0 radical (unpaired) electrons. The predicted molar refractivity (Wildman–Crippen MR) is 96.1 cm³/mol. The summed E-state index contributed by atoms with van der Waals surface area (Å²) in [5.41, 5.74) is 0.486. The Morgan fingerprint density at radius 2 is 1.81 bits per heavy atom. The van der Waals surface area contributed by atoms with Gasteiger partial charge in [0.1, 0.15) is 11.5 Å². The van der Waals surface area contributed by atoms with E-state index in [9.17, 15) is 17.2 Å². The first kappa shape index (κ1) is 19.0. The summed E-state index contributed by atoms with van der Waals surface area (Å²) in [6.45, 7) is 3.27. The van der Waals surface area contributed by atoms with Crippen molar-refractivity contribution in [2.75, 3.05) is 0 Å². The van der Waals surface area contributed by atoms with Crippen LogP contribution in [-0.4, -0.2) is 29.9 Å². The summed E-state index contributed by atoms with van der Waals surface area (Å²) in [5.74, 6) is -1.12. The minimum absolute atomic E-state index is 0.0132. The average molecular weight is 383 g/mol. The van der Waals surface area contributed by atoms with Crippen molar-refractivity contribution in [1.29, 1.82) is 0 Å². The van der Waals surface area contributed by atoms with Gasteiger partial charge in [0, 0.05) is 17.5 Å². The van der Waals surface area contributed by atoms with E-state index in [2.05, 4.69) is 14.9 Å². The van der Waals surface area contributed by atoms with Crippen molar-refractivity contribution >= 4 is 10.0 Å². The highest BCUT2D eigenvalue weighted by Gasteiger charge is 2.30. The summed E-state index contributed by atoms with van der Waals surface area (Å²) < 4.78 is 55.3. The monoisotopic (exact) mass is 383 g/mol. The van der Waals surface area contributed by atoms with Gasteiger partial charge in [-0.3, -0.25) is 5.10 Å². The van der Waals surface area contributed by atoms with Crippen LogP contribution in [0.5, 0.6) is 0 Å². The van der Waals surface area contributed by atoms with Gasteiger partial charge in [0.05, 0.1) is 10.9 Å². The van der Waals surface area contributed by atoms with Crippen LogP contribution in [0.25, 0.3) is 11.3 Å². The molecule has 2 aromatic rings. The molecule has 1 aliphatic carbocycles. The number of aromatic nitrogens is 2. The molecule has 0 saturated heterocycles. The minimum atomic E-state index is -3.31. The van der Waals surface area contributed by atoms with E-state index >= 15 is 0 Å². The fourth-order valence-electron chi connectivity index (χ4n) is 3.31. The lowest BCUT2D eigenvalue weighted by molar-refractivity contribution is 0.362. The van der Waals surface area contributed by atoms with E-state index in [4.69, 9.17) is 0 Å². The second kappa shape index (κ2) is 7.44. The molecule has 5 nitrogen and oxygen atoms in total. The zero-order valence-electron chi connectivity index (χ0n) is 14.8. The lowest BCUT2D eigenvalue weighted by Gasteiger charge is -2.28. The normalized spacial score (nSPS) is 21.3. The van der Waals surface area contributed by atoms with Crippen LogP contribution in [0, 0.1) is 11.6 Å². The Morgan fingerprint density at radius 1 is 1.15 bits per heavy atom. The Hall–Kier alpha value is -1.80. The molecule has 2 N–H and O–H groups in total. The second-order valence-electron chi connectivity index (χ2n) is 7.04. The summed E-state index contributed by atoms with van der Waals surface area (Å²) in [5, 5.41) is 6.21. The van der Waals surface area contributed by atoms with Gasteiger partial charge in [-0.2, -0.15) is 5.10 Å². The fourth-order valence-corrected chi connectivity index (χ4v) is 4.28. The van der Waals surface area contributed by atoms with Crippen LogP contribution in [0.2, 0.25) is 0 Å². The topological polar surface area (TPSA) is 74.8 Å². The van der Waals surface area contributed by atoms with E-state index in [0.717, 1.165) is 0 Å². The number of sulfonamides is 1. The van der Waals surface area contributed by atoms with Gasteiger partial charge in [-0.1, -0.05) is 12.1 Å². The standard InChI is InChI=1S/C18H23F2N3O2S/c1-11(2)26(24,25)23-13-9-7-12(8-10-13)17-16(20)18(22-21-17)14-5-3-4-6-15(14)19/h3-6,11-13,23H,7-10H2,1-2H3,(H,21,22)/t12-,13-. The molecule has 0 aliphatic heterocycles.